The first-order valence-corrected chi connectivity index (χ1v) is 5.75. The van der Waals surface area contributed by atoms with Crippen molar-refractivity contribution in [2.75, 3.05) is 6.61 Å². The maximum Gasteiger partial charge on any atom is 0.339 e. The third-order valence-electron chi connectivity index (χ3n) is 2.22. The first-order valence-electron chi connectivity index (χ1n) is 5.75. The smallest absolute Gasteiger partial charge is 0.339 e. The number of rotatable bonds is 6. The molecule has 0 radical (unpaired) electrons. The number of carbonyl (C=O) groups is 2. The summed E-state index contributed by atoms with van der Waals surface area (Å²) in [5, 5.41) is 22.4. The highest BCUT2D eigenvalue weighted by Gasteiger charge is 2.23. The molecule has 20 heavy (non-hydrogen) atoms. The van der Waals surface area contributed by atoms with Crippen molar-refractivity contribution < 1.29 is 24.4 Å². The molecule has 0 unspecified atom stereocenters. The third kappa shape index (κ3) is 3.94. The number of benzene rings is 1. The third-order valence-corrected chi connectivity index (χ3v) is 2.22. The fourth-order valence-corrected chi connectivity index (χ4v) is 1.49. The van der Waals surface area contributed by atoms with Crippen molar-refractivity contribution in [3.05, 3.63) is 33.9 Å². The van der Waals surface area contributed by atoms with Gasteiger partial charge >= 0.3 is 11.7 Å². The molecule has 0 aliphatic rings. The van der Waals surface area contributed by atoms with E-state index in [1.807, 2.05) is 0 Å². The summed E-state index contributed by atoms with van der Waals surface area (Å²) in [6.07, 6.45) is 0. The summed E-state index contributed by atoms with van der Waals surface area (Å²) < 4.78 is 5.02. The Bertz CT molecular complexity index is 508. The van der Waals surface area contributed by atoms with E-state index in [2.05, 4.69) is 5.32 Å². The minimum atomic E-state index is -1.37. The highest BCUT2D eigenvalue weighted by molar-refractivity contribution is 5.92. The number of hydrogen-bond donors (Lipinski definition) is 2. The fourth-order valence-electron chi connectivity index (χ4n) is 1.49. The normalized spacial score (nSPS) is 10.2. The molecular weight excluding hydrogens is 268 g/mol. The van der Waals surface area contributed by atoms with Crippen molar-refractivity contribution in [2.45, 2.75) is 19.9 Å². The highest BCUT2D eigenvalue weighted by Crippen LogP contribution is 2.30. The zero-order valence-electron chi connectivity index (χ0n) is 11.0. The van der Waals surface area contributed by atoms with Crippen molar-refractivity contribution >= 4 is 17.6 Å². The predicted octanol–water partition coefficient (Wildman–Crippen LogP) is 1.20. The number of aromatic carboxylic acids is 1. The van der Waals surface area contributed by atoms with Gasteiger partial charge in [0.15, 0.2) is 6.61 Å². The molecule has 2 N–H and O–H groups in total. The number of carboxylic acids is 1. The van der Waals surface area contributed by atoms with Gasteiger partial charge in [0.2, 0.25) is 5.75 Å². The largest absolute Gasteiger partial charge is 0.478 e. The van der Waals surface area contributed by atoms with Gasteiger partial charge in [-0.15, -0.1) is 0 Å². The molecule has 0 spiro atoms. The standard InChI is InChI=1S/C12H14N2O6/c1-7(2)13-10(15)6-20-11-8(12(16)17)4-3-5-9(11)14(18)19/h3-5,7H,6H2,1-2H3,(H,13,15)(H,16,17). The lowest BCUT2D eigenvalue weighted by Gasteiger charge is -2.11. The van der Waals surface area contributed by atoms with Crippen molar-refractivity contribution in [3.63, 3.8) is 0 Å². The molecule has 0 aliphatic heterocycles. The van der Waals surface area contributed by atoms with Gasteiger partial charge in [0, 0.05) is 12.1 Å². The van der Waals surface area contributed by atoms with Crippen LogP contribution in [0, 0.1) is 10.1 Å². The second kappa shape index (κ2) is 6.50. The molecule has 0 heterocycles. The molecule has 0 atom stereocenters. The van der Waals surface area contributed by atoms with E-state index in [-0.39, 0.29) is 11.6 Å². The number of nitrogens with zero attached hydrogens (tertiary/aromatic N) is 1. The second-order valence-corrected chi connectivity index (χ2v) is 4.23. The van der Waals surface area contributed by atoms with Gasteiger partial charge in [-0.2, -0.15) is 0 Å². The Morgan fingerprint density at radius 3 is 2.60 bits per heavy atom. The van der Waals surface area contributed by atoms with Crippen LogP contribution in [0.15, 0.2) is 18.2 Å². The summed E-state index contributed by atoms with van der Waals surface area (Å²) in [5.41, 5.74) is -0.862. The molecule has 1 aromatic rings. The molecule has 0 fully saturated rings. The molecule has 1 amide bonds. The lowest BCUT2D eigenvalue weighted by Crippen LogP contribution is -2.34. The first kappa shape index (κ1) is 15.4. The molecule has 0 aliphatic carbocycles. The number of carboxylic acid groups (broad SMARTS) is 1. The quantitative estimate of drug-likeness (QED) is 0.597. The Hall–Kier alpha value is -2.64. The van der Waals surface area contributed by atoms with Crippen LogP contribution in [-0.2, 0) is 4.79 Å². The SMILES string of the molecule is CC(C)NC(=O)COc1c(C(=O)O)cccc1[N+](=O)[O-]. The minimum absolute atomic E-state index is 0.115. The lowest BCUT2D eigenvalue weighted by atomic mass is 10.1. The molecular formula is C12H14N2O6. The molecule has 0 saturated heterocycles. The summed E-state index contributed by atoms with van der Waals surface area (Å²) in [6, 6.07) is 3.41. The molecule has 8 nitrogen and oxygen atoms in total. The average molecular weight is 282 g/mol. The van der Waals surface area contributed by atoms with Gasteiger partial charge in [-0.1, -0.05) is 6.07 Å². The molecule has 0 bridgehead atoms. The van der Waals surface area contributed by atoms with Crippen LogP contribution < -0.4 is 10.1 Å². The number of carbonyl (C=O) groups excluding carboxylic acids is 1. The van der Waals surface area contributed by atoms with E-state index in [9.17, 15) is 19.7 Å². The van der Waals surface area contributed by atoms with Gasteiger partial charge in [0.25, 0.3) is 5.91 Å². The summed E-state index contributed by atoms with van der Waals surface area (Å²) in [6.45, 7) is 2.99. The summed E-state index contributed by atoms with van der Waals surface area (Å²) in [5.74, 6) is -2.29. The van der Waals surface area contributed by atoms with Crippen molar-refractivity contribution in [1.29, 1.82) is 0 Å². The highest BCUT2D eigenvalue weighted by atomic mass is 16.6. The summed E-state index contributed by atoms with van der Waals surface area (Å²) in [7, 11) is 0. The van der Waals surface area contributed by atoms with Crippen LogP contribution in [0.2, 0.25) is 0 Å². The van der Waals surface area contributed by atoms with E-state index in [0.29, 0.717) is 0 Å². The Morgan fingerprint density at radius 1 is 1.45 bits per heavy atom. The topological polar surface area (TPSA) is 119 Å². The van der Waals surface area contributed by atoms with Crippen LogP contribution in [0.25, 0.3) is 0 Å². The fraction of sp³-hybridized carbons (Fsp3) is 0.333. The van der Waals surface area contributed by atoms with Gasteiger partial charge in [-0.25, -0.2) is 4.79 Å². The monoisotopic (exact) mass is 282 g/mol. The van der Waals surface area contributed by atoms with E-state index in [1.165, 1.54) is 12.1 Å². The summed E-state index contributed by atoms with van der Waals surface area (Å²) in [4.78, 5) is 32.5. The Balaban J connectivity index is 2.99. The summed E-state index contributed by atoms with van der Waals surface area (Å²) >= 11 is 0. The van der Waals surface area contributed by atoms with Crippen LogP contribution in [0.3, 0.4) is 0 Å². The Kier molecular flexibility index (Phi) is 5.01. The zero-order valence-corrected chi connectivity index (χ0v) is 11.0. The first-order chi connectivity index (χ1) is 9.32. The number of nitrogens with one attached hydrogen (secondary N) is 1. The van der Waals surface area contributed by atoms with E-state index in [1.54, 1.807) is 13.8 Å². The molecule has 1 rings (SSSR count). The number of ether oxygens (including phenoxy) is 1. The number of hydrogen-bond acceptors (Lipinski definition) is 5. The second-order valence-electron chi connectivity index (χ2n) is 4.23. The van der Waals surface area contributed by atoms with Gasteiger partial charge in [-0.05, 0) is 19.9 Å². The molecule has 8 heteroatoms. The van der Waals surface area contributed by atoms with Gasteiger partial charge in [0.05, 0.1) is 4.92 Å². The number of amides is 1. The molecule has 108 valence electrons. The Labute approximate surface area is 114 Å². The van der Waals surface area contributed by atoms with Crippen molar-refractivity contribution in [1.82, 2.24) is 5.32 Å². The molecule has 1 aromatic carbocycles. The molecule has 0 saturated carbocycles. The van der Waals surface area contributed by atoms with E-state index in [4.69, 9.17) is 9.84 Å². The van der Waals surface area contributed by atoms with Crippen molar-refractivity contribution in [3.8, 4) is 5.75 Å². The van der Waals surface area contributed by atoms with E-state index >= 15 is 0 Å². The van der Waals surface area contributed by atoms with Gasteiger partial charge < -0.3 is 15.2 Å². The Morgan fingerprint density at radius 2 is 2.10 bits per heavy atom. The van der Waals surface area contributed by atoms with Crippen LogP contribution >= 0.6 is 0 Å². The van der Waals surface area contributed by atoms with E-state index in [0.717, 1.165) is 6.07 Å². The number of nitro groups is 1. The van der Waals surface area contributed by atoms with E-state index < -0.39 is 34.8 Å². The van der Waals surface area contributed by atoms with Crippen molar-refractivity contribution in [2.24, 2.45) is 0 Å². The van der Waals surface area contributed by atoms with Gasteiger partial charge in [-0.3, -0.25) is 14.9 Å². The number of para-hydroxylation sites is 1. The average Bonchev–Trinajstić information content (AvgIpc) is 2.34. The van der Waals surface area contributed by atoms with Gasteiger partial charge in [0.1, 0.15) is 5.56 Å². The maximum atomic E-state index is 11.4. The maximum absolute atomic E-state index is 11.4. The van der Waals surface area contributed by atoms with Crippen LogP contribution in [0.5, 0.6) is 5.75 Å². The van der Waals surface area contributed by atoms with Crippen LogP contribution in [0.1, 0.15) is 24.2 Å². The zero-order chi connectivity index (χ0) is 15.3. The van der Waals surface area contributed by atoms with Crippen LogP contribution in [0.4, 0.5) is 5.69 Å². The lowest BCUT2D eigenvalue weighted by molar-refractivity contribution is -0.385. The molecule has 0 aromatic heterocycles. The predicted molar refractivity (Wildman–Crippen MR) is 68.8 cm³/mol. The minimum Gasteiger partial charge on any atom is -0.478 e. The van der Waals surface area contributed by atoms with Crippen LogP contribution in [-0.4, -0.2) is 34.6 Å². The number of nitro benzene ring substituents is 1.